The molecular weight excluding hydrogens is 464 g/mol. The van der Waals surface area contributed by atoms with Crippen molar-refractivity contribution < 1.29 is 23.7 Å². The number of nitro groups is 1. The lowest BCUT2D eigenvalue weighted by Crippen LogP contribution is -2.62. The number of hydrogen-bond acceptors (Lipinski definition) is 7. The van der Waals surface area contributed by atoms with Gasteiger partial charge in [0, 0.05) is 36.7 Å². The van der Waals surface area contributed by atoms with Crippen LogP contribution >= 0.6 is 0 Å². The number of Topliss-reactive ketones (excluding diaryl/α,β-unsaturated/α-hetero) is 1. The Morgan fingerprint density at radius 1 is 1.31 bits per heavy atom. The molecule has 2 aliphatic heterocycles. The third kappa shape index (κ3) is 4.07. The SMILES string of the molecule is COC(=O)C1C(=O)[C@@]2(c3ccccc3[N+](=O)[O-])CCN3C/C(=C/CO[Si](C)(C)C(C)(C)C)[C@@H]1C[C@H]32. The second-order valence-electron chi connectivity index (χ2n) is 11.5. The van der Waals surface area contributed by atoms with Gasteiger partial charge >= 0.3 is 5.97 Å². The van der Waals surface area contributed by atoms with Gasteiger partial charge in [-0.3, -0.25) is 24.6 Å². The highest BCUT2D eigenvalue weighted by atomic mass is 28.4. The fraction of sp³-hybridized carbons (Fsp3) is 0.615. The quantitative estimate of drug-likeness (QED) is 0.144. The molecule has 8 nitrogen and oxygen atoms in total. The van der Waals surface area contributed by atoms with Gasteiger partial charge in [-0.1, -0.05) is 50.6 Å². The summed E-state index contributed by atoms with van der Waals surface area (Å²) < 4.78 is 11.5. The number of rotatable bonds is 6. The number of carbonyl (C=O) groups is 2. The lowest BCUT2D eigenvalue weighted by molar-refractivity contribution is -0.386. The highest BCUT2D eigenvalue weighted by molar-refractivity contribution is 6.74. The van der Waals surface area contributed by atoms with Crippen LogP contribution in [0.4, 0.5) is 5.69 Å². The molecule has 4 atom stereocenters. The summed E-state index contributed by atoms with van der Waals surface area (Å²) in [5, 5.41) is 12.0. The van der Waals surface area contributed by atoms with Crippen molar-refractivity contribution in [2.24, 2.45) is 11.8 Å². The normalized spacial score (nSPS) is 29.9. The number of nitrogens with zero attached hydrogens (tertiary/aromatic N) is 2. The van der Waals surface area contributed by atoms with E-state index in [1.54, 1.807) is 18.2 Å². The van der Waals surface area contributed by atoms with E-state index in [9.17, 15) is 19.7 Å². The van der Waals surface area contributed by atoms with Crippen LogP contribution in [0.2, 0.25) is 18.1 Å². The Labute approximate surface area is 207 Å². The molecule has 0 spiro atoms. The summed E-state index contributed by atoms with van der Waals surface area (Å²) >= 11 is 0. The Kier molecular flexibility index (Phi) is 6.57. The summed E-state index contributed by atoms with van der Waals surface area (Å²) in [7, 11) is -0.653. The first kappa shape index (κ1) is 25.7. The van der Waals surface area contributed by atoms with Crippen molar-refractivity contribution in [1.29, 1.82) is 0 Å². The zero-order valence-corrected chi connectivity index (χ0v) is 22.5. The first-order valence-corrected chi connectivity index (χ1v) is 15.2. The highest BCUT2D eigenvalue weighted by Crippen LogP contribution is 2.56. The molecule has 3 fully saturated rings. The van der Waals surface area contributed by atoms with Crippen LogP contribution in [-0.4, -0.2) is 62.7 Å². The fourth-order valence-corrected chi connectivity index (χ4v) is 6.91. The first-order valence-electron chi connectivity index (χ1n) is 12.3. The van der Waals surface area contributed by atoms with Crippen LogP contribution in [0.25, 0.3) is 0 Å². The van der Waals surface area contributed by atoms with Crippen molar-refractivity contribution in [1.82, 2.24) is 4.90 Å². The van der Waals surface area contributed by atoms with Gasteiger partial charge in [0.25, 0.3) is 5.69 Å². The molecule has 0 amide bonds. The average molecular weight is 501 g/mol. The van der Waals surface area contributed by atoms with Gasteiger partial charge in [0.1, 0.15) is 5.92 Å². The Hall–Kier alpha value is -2.36. The standard InChI is InChI=1S/C26H36N2O6Si/c1-25(2,3)35(5,6)34-14-11-17-16-27-13-12-26(19-9-7-8-10-20(19)28(31)32)21(27)15-18(17)22(23(26)29)24(30)33-4/h7-11,18,21-22H,12-16H2,1-6H3/b17-11-/t18-,21-,22?,26+/m0/s1. The maximum Gasteiger partial charge on any atom is 0.316 e. The van der Waals surface area contributed by atoms with E-state index in [2.05, 4.69) is 44.8 Å². The molecule has 0 N–H and O–H groups in total. The van der Waals surface area contributed by atoms with Crippen molar-refractivity contribution in [2.75, 3.05) is 26.8 Å². The fourth-order valence-electron chi connectivity index (χ4n) is 5.98. The van der Waals surface area contributed by atoms with Crippen LogP contribution in [0.5, 0.6) is 0 Å². The summed E-state index contributed by atoms with van der Waals surface area (Å²) in [6.45, 7) is 12.7. The number of hydrogen-bond donors (Lipinski definition) is 0. The molecule has 2 bridgehead atoms. The van der Waals surface area contributed by atoms with Gasteiger partial charge in [0.2, 0.25) is 0 Å². The Balaban J connectivity index is 1.73. The second-order valence-corrected chi connectivity index (χ2v) is 16.3. The molecule has 190 valence electrons. The minimum absolute atomic E-state index is 0.0612. The summed E-state index contributed by atoms with van der Waals surface area (Å²) in [4.78, 5) is 40.9. The topological polar surface area (TPSA) is 99.0 Å². The van der Waals surface area contributed by atoms with Gasteiger partial charge in [-0.2, -0.15) is 0 Å². The minimum atomic E-state index is -1.95. The molecule has 0 radical (unpaired) electrons. The van der Waals surface area contributed by atoms with Gasteiger partial charge in [-0.25, -0.2) is 0 Å². The summed E-state index contributed by atoms with van der Waals surface area (Å²) in [5.41, 5.74) is 0.307. The number of para-hydroxylation sites is 1. The first-order chi connectivity index (χ1) is 16.3. The number of fused-ring (bicyclic) bond motifs is 1. The van der Waals surface area contributed by atoms with E-state index in [-0.39, 0.29) is 28.5 Å². The third-order valence-corrected chi connectivity index (χ3v) is 13.4. The number of benzene rings is 1. The molecule has 0 aromatic heterocycles. The monoisotopic (exact) mass is 500 g/mol. The molecule has 9 heteroatoms. The van der Waals surface area contributed by atoms with E-state index < -0.39 is 30.5 Å². The Morgan fingerprint density at radius 2 is 2.00 bits per heavy atom. The number of nitro benzene ring substituents is 1. The van der Waals surface area contributed by atoms with Crippen LogP contribution in [0.15, 0.2) is 35.9 Å². The molecule has 3 aliphatic rings. The van der Waals surface area contributed by atoms with Crippen LogP contribution in [-0.2, 0) is 24.2 Å². The lowest BCUT2D eigenvalue weighted by Gasteiger charge is -2.50. The minimum Gasteiger partial charge on any atom is -0.468 e. The number of esters is 1. The van der Waals surface area contributed by atoms with E-state index in [0.717, 1.165) is 5.57 Å². The number of ether oxygens (including phenoxy) is 1. The number of piperidine rings is 1. The molecule has 1 aromatic rings. The van der Waals surface area contributed by atoms with Crippen molar-refractivity contribution in [3.63, 3.8) is 0 Å². The van der Waals surface area contributed by atoms with Gasteiger partial charge < -0.3 is 9.16 Å². The maximum atomic E-state index is 14.2. The zero-order chi connectivity index (χ0) is 25.8. The lowest BCUT2D eigenvalue weighted by atomic mass is 9.56. The molecule has 1 aliphatic carbocycles. The maximum absolute atomic E-state index is 14.2. The van der Waals surface area contributed by atoms with Gasteiger partial charge in [0.15, 0.2) is 14.1 Å². The number of carbonyl (C=O) groups excluding carboxylic acids is 2. The van der Waals surface area contributed by atoms with E-state index >= 15 is 0 Å². The average Bonchev–Trinajstić information content (AvgIpc) is 3.19. The third-order valence-electron chi connectivity index (χ3n) is 8.90. The van der Waals surface area contributed by atoms with Crippen LogP contribution in [0.3, 0.4) is 0 Å². The highest BCUT2D eigenvalue weighted by Gasteiger charge is 2.65. The van der Waals surface area contributed by atoms with E-state index in [0.29, 0.717) is 38.1 Å². The predicted molar refractivity (Wildman–Crippen MR) is 135 cm³/mol. The molecule has 1 unspecified atom stereocenters. The van der Waals surface area contributed by atoms with E-state index in [4.69, 9.17) is 9.16 Å². The molecule has 1 aromatic carbocycles. The molecule has 2 heterocycles. The molecule has 35 heavy (non-hydrogen) atoms. The molecular formula is C26H36N2O6Si. The number of ketones is 1. The van der Waals surface area contributed by atoms with Crippen LogP contribution < -0.4 is 0 Å². The van der Waals surface area contributed by atoms with E-state index in [1.807, 2.05) is 0 Å². The van der Waals surface area contributed by atoms with Crippen molar-refractivity contribution in [3.8, 4) is 0 Å². The summed E-state index contributed by atoms with van der Waals surface area (Å²) in [6, 6.07) is 6.31. The van der Waals surface area contributed by atoms with Crippen molar-refractivity contribution in [3.05, 3.63) is 51.6 Å². The van der Waals surface area contributed by atoms with Crippen LogP contribution in [0.1, 0.15) is 39.2 Å². The molecule has 2 saturated heterocycles. The van der Waals surface area contributed by atoms with Crippen molar-refractivity contribution in [2.45, 2.75) is 63.2 Å². The summed E-state index contributed by atoms with van der Waals surface area (Å²) in [5.74, 6) is -2.07. The van der Waals surface area contributed by atoms with Gasteiger partial charge in [0.05, 0.1) is 24.1 Å². The second kappa shape index (κ2) is 8.94. The Bertz CT molecular complexity index is 1080. The predicted octanol–water partition coefficient (Wildman–Crippen LogP) is 4.25. The van der Waals surface area contributed by atoms with E-state index in [1.165, 1.54) is 13.2 Å². The van der Waals surface area contributed by atoms with Gasteiger partial charge in [-0.15, -0.1) is 0 Å². The largest absolute Gasteiger partial charge is 0.468 e. The Morgan fingerprint density at radius 3 is 2.63 bits per heavy atom. The van der Waals surface area contributed by atoms with Crippen molar-refractivity contribution >= 4 is 25.8 Å². The summed E-state index contributed by atoms with van der Waals surface area (Å²) in [6.07, 6.45) is 3.10. The molecule has 4 rings (SSSR count). The zero-order valence-electron chi connectivity index (χ0n) is 21.5. The smallest absolute Gasteiger partial charge is 0.316 e. The molecule has 1 saturated carbocycles. The van der Waals surface area contributed by atoms with Crippen LogP contribution in [0, 0.1) is 22.0 Å². The number of methoxy groups -OCH3 is 1. The van der Waals surface area contributed by atoms with Gasteiger partial charge in [-0.05, 0) is 31.0 Å².